The SMILES string of the molecule is CNC[C@@H]1CCCN(S(=O)(=O)c2cc(C)c(Br)s2)C1. The summed E-state index contributed by atoms with van der Waals surface area (Å²) in [4.78, 5) is 0. The van der Waals surface area contributed by atoms with Crippen molar-refractivity contribution in [3.63, 3.8) is 0 Å². The van der Waals surface area contributed by atoms with E-state index < -0.39 is 10.0 Å². The zero-order valence-corrected chi connectivity index (χ0v) is 14.4. The van der Waals surface area contributed by atoms with Crippen LogP contribution in [-0.2, 0) is 10.0 Å². The molecule has 1 saturated heterocycles. The van der Waals surface area contributed by atoms with Crippen LogP contribution in [0, 0.1) is 12.8 Å². The number of halogens is 1. The van der Waals surface area contributed by atoms with Crippen molar-refractivity contribution in [3.8, 4) is 0 Å². The molecule has 1 atom stereocenters. The minimum absolute atomic E-state index is 0.415. The highest BCUT2D eigenvalue weighted by molar-refractivity contribution is 9.11. The summed E-state index contributed by atoms with van der Waals surface area (Å²) >= 11 is 4.70. The van der Waals surface area contributed by atoms with E-state index in [2.05, 4.69) is 21.2 Å². The van der Waals surface area contributed by atoms with E-state index in [0.717, 1.165) is 28.7 Å². The number of rotatable bonds is 4. The van der Waals surface area contributed by atoms with E-state index in [-0.39, 0.29) is 0 Å². The normalized spacial score (nSPS) is 21.7. The largest absolute Gasteiger partial charge is 0.319 e. The topological polar surface area (TPSA) is 49.4 Å². The van der Waals surface area contributed by atoms with Crippen molar-refractivity contribution < 1.29 is 8.42 Å². The van der Waals surface area contributed by atoms with Crippen molar-refractivity contribution >= 4 is 37.3 Å². The molecule has 4 nitrogen and oxygen atoms in total. The predicted octanol–water partition coefficient (Wildman–Crippen LogP) is 2.44. The van der Waals surface area contributed by atoms with Gasteiger partial charge < -0.3 is 5.32 Å². The minimum Gasteiger partial charge on any atom is -0.319 e. The van der Waals surface area contributed by atoms with Gasteiger partial charge in [-0.25, -0.2) is 8.42 Å². The third-order valence-electron chi connectivity index (χ3n) is 3.40. The highest BCUT2D eigenvalue weighted by Gasteiger charge is 2.31. The molecule has 2 rings (SSSR count). The van der Waals surface area contributed by atoms with Gasteiger partial charge in [-0.05, 0) is 66.8 Å². The summed E-state index contributed by atoms with van der Waals surface area (Å²) in [6, 6.07) is 1.76. The number of nitrogens with zero attached hydrogens (tertiary/aromatic N) is 1. The van der Waals surface area contributed by atoms with Crippen molar-refractivity contribution in [2.24, 2.45) is 5.92 Å². The van der Waals surface area contributed by atoms with Crippen molar-refractivity contribution in [1.82, 2.24) is 9.62 Å². The molecule has 1 fully saturated rings. The number of nitrogens with one attached hydrogen (secondary N) is 1. The maximum Gasteiger partial charge on any atom is 0.252 e. The molecule has 0 amide bonds. The van der Waals surface area contributed by atoms with Gasteiger partial charge in [0, 0.05) is 13.1 Å². The van der Waals surface area contributed by atoms with Crippen LogP contribution in [0.2, 0.25) is 0 Å². The lowest BCUT2D eigenvalue weighted by Crippen LogP contribution is -2.42. The zero-order chi connectivity index (χ0) is 14.0. The summed E-state index contributed by atoms with van der Waals surface area (Å²) < 4.78 is 28.2. The van der Waals surface area contributed by atoms with E-state index >= 15 is 0 Å². The number of aryl methyl sites for hydroxylation is 1. The van der Waals surface area contributed by atoms with Gasteiger partial charge in [-0.1, -0.05) is 0 Å². The molecule has 19 heavy (non-hydrogen) atoms. The first-order valence-corrected chi connectivity index (χ1v) is 9.40. The third kappa shape index (κ3) is 3.39. The van der Waals surface area contributed by atoms with E-state index in [1.54, 1.807) is 10.4 Å². The monoisotopic (exact) mass is 366 g/mol. The van der Waals surface area contributed by atoms with Gasteiger partial charge in [-0.2, -0.15) is 4.31 Å². The van der Waals surface area contributed by atoms with Crippen molar-refractivity contribution in [3.05, 3.63) is 15.4 Å². The molecule has 108 valence electrons. The van der Waals surface area contributed by atoms with Crippen LogP contribution in [0.1, 0.15) is 18.4 Å². The van der Waals surface area contributed by atoms with Gasteiger partial charge in [0.2, 0.25) is 0 Å². The van der Waals surface area contributed by atoms with Gasteiger partial charge in [0.15, 0.2) is 0 Å². The number of piperidine rings is 1. The standard InChI is InChI=1S/C12H19BrN2O2S2/c1-9-6-11(18-12(9)13)19(16,17)15-5-3-4-10(8-15)7-14-2/h6,10,14H,3-5,7-8H2,1-2H3/t10-/m0/s1. The van der Waals surface area contributed by atoms with Gasteiger partial charge in [0.25, 0.3) is 10.0 Å². The number of hydrogen-bond acceptors (Lipinski definition) is 4. The molecule has 0 saturated carbocycles. The Morgan fingerprint density at radius 2 is 2.32 bits per heavy atom. The van der Waals surface area contributed by atoms with Gasteiger partial charge in [0.05, 0.1) is 3.79 Å². The molecule has 1 aliphatic rings. The lowest BCUT2D eigenvalue weighted by atomic mass is 10.00. The number of hydrogen-bond donors (Lipinski definition) is 1. The third-order valence-corrected chi connectivity index (χ3v) is 7.85. The molecule has 0 aromatic carbocycles. The summed E-state index contributed by atoms with van der Waals surface area (Å²) in [6.07, 6.45) is 2.04. The Bertz CT molecular complexity index is 520. The van der Waals surface area contributed by atoms with E-state index in [9.17, 15) is 8.42 Å². The first-order chi connectivity index (χ1) is 8.95. The fourth-order valence-corrected chi connectivity index (χ4v) is 6.32. The van der Waals surface area contributed by atoms with Crippen molar-refractivity contribution in [1.29, 1.82) is 0 Å². The van der Waals surface area contributed by atoms with Crippen molar-refractivity contribution in [2.75, 3.05) is 26.7 Å². The van der Waals surface area contributed by atoms with Crippen LogP contribution in [0.4, 0.5) is 0 Å². The van der Waals surface area contributed by atoms with E-state index in [4.69, 9.17) is 0 Å². The molecule has 1 aromatic heterocycles. The molecule has 1 aromatic rings. The van der Waals surface area contributed by atoms with E-state index in [1.165, 1.54) is 11.3 Å². The highest BCUT2D eigenvalue weighted by Crippen LogP contribution is 2.33. The lowest BCUT2D eigenvalue weighted by molar-refractivity contribution is 0.264. The predicted molar refractivity (Wildman–Crippen MR) is 82.2 cm³/mol. The molecule has 0 bridgehead atoms. The number of sulfonamides is 1. The summed E-state index contributed by atoms with van der Waals surface area (Å²) in [5.74, 6) is 0.415. The first-order valence-electron chi connectivity index (χ1n) is 6.36. The summed E-state index contributed by atoms with van der Waals surface area (Å²) in [5, 5.41) is 3.14. The molecule has 7 heteroatoms. The van der Waals surface area contributed by atoms with Gasteiger partial charge in [0.1, 0.15) is 4.21 Å². The first kappa shape index (κ1) is 15.4. The molecule has 1 N–H and O–H groups in total. The Kier molecular flexibility index (Phi) is 5.05. The van der Waals surface area contributed by atoms with Gasteiger partial charge in [-0.3, -0.25) is 0 Å². The quantitative estimate of drug-likeness (QED) is 0.889. The molecular weight excluding hydrogens is 348 g/mol. The van der Waals surface area contributed by atoms with Crippen molar-refractivity contribution in [2.45, 2.75) is 24.0 Å². The van der Waals surface area contributed by atoms with E-state index in [0.29, 0.717) is 23.2 Å². The average Bonchev–Trinajstić information content (AvgIpc) is 2.71. The van der Waals surface area contributed by atoms with Crippen LogP contribution < -0.4 is 5.32 Å². The minimum atomic E-state index is -3.32. The summed E-state index contributed by atoms with van der Waals surface area (Å²) in [5.41, 5.74) is 0.979. The molecule has 0 radical (unpaired) electrons. The van der Waals surface area contributed by atoms with Gasteiger partial charge in [-0.15, -0.1) is 11.3 Å². The van der Waals surface area contributed by atoms with Crippen LogP contribution in [0.3, 0.4) is 0 Å². The maximum absolute atomic E-state index is 12.6. The Morgan fingerprint density at radius 3 is 2.89 bits per heavy atom. The van der Waals surface area contributed by atoms with Crippen LogP contribution in [0.25, 0.3) is 0 Å². The summed E-state index contributed by atoms with van der Waals surface area (Å²) in [7, 11) is -1.41. The van der Waals surface area contributed by atoms with Crippen LogP contribution >= 0.6 is 27.3 Å². The lowest BCUT2D eigenvalue weighted by Gasteiger charge is -2.31. The fraction of sp³-hybridized carbons (Fsp3) is 0.667. The Labute approximate surface area is 127 Å². The second-order valence-electron chi connectivity index (χ2n) is 4.95. The summed E-state index contributed by atoms with van der Waals surface area (Å²) in [6.45, 7) is 4.05. The van der Waals surface area contributed by atoms with Crippen LogP contribution in [0.5, 0.6) is 0 Å². The average molecular weight is 367 g/mol. The molecule has 1 aliphatic heterocycles. The second-order valence-corrected chi connectivity index (χ2v) is 9.49. The Hall–Kier alpha value is 0.0500. The highest BCUT2D eigenvalue weighted by atomic mass is 79.9. The molecule has 0 spiro atoms. The Morgan fingerprint density at radius 1 is 1.58 bits per heavy atom. The smallest absolute Gasteiger partial charge is 0.252 e. The maximum atomic E-state index is 12.6. The van der Waals surface area contributed by atoms with Crippen LogP contribution in [-0.4, -0.2) is 39.4 Å². The van der Waals surface area contributed by atoms with E-state index in [1.807, 2.05) is 14.0 Å². The molecule has 0 aliphatic carbocycles. The molecule has 0 unspecified atom stereocenters. The van der Waals surface area contributed by atoms with Gasteiger partial charge >= 0.3 is 0 Å². The zero-order valence-electron chi connectivity index (χ0n) is 11.1. The Balaban J connectivity index is 2.19. The number of thiophene rings is 1. The molecular formula is C12H19BrN2O2S2. The molecule has 2 heterocycles. The second kappa shape index (κ2) is 6.22. The fourth-order valence-electron chi connectivity index (χ4n) is 2.39. The van der Waals surface area contributed by atoms with Crippen LogP contribution in [0.15, 0.2) is 14.1 Å².